The molecule has 0 aromatic carbocycles. The molecule has 1 heterocycles. The van der Waals surface area contributed by atoms with Crippen LogP contribution in [-0.4, -0.2) is 12.1 Å². The Labute approximate surface area is 75.1 Å². The van der Waals surface area contributed by atoms with Gasteiger partial charge in [-0.3, -0.25) is 4.98 Å². The summed E-state index contributed by atoms with van der Waals surface area (Å²) in [5, 5.41) is 0.977. The summed E-state index contributed by atoms with van der Waals surface area (Å²) in [7, 11) is 1.58. The number of nitrogens with zero attached hydrogens (tertiary/aromatic N) is 1. The molecule has 1 aromatic heterocycles. The maximum absolute atomic E-state index is 5.80. The molecule has 2 nitrogen and oxygen atoms in total. The number of hydrogen-bond donors (Lipinski definition) is 0. The Kier molecular flexibility index (Phi) is 3.12. The molecular weight excluding hydrogens is 185 g/mol. The number of methoxy groups -OCH3 is 1. The summed E-state index contributed by atoms with van der Waals surface area (Å²) < 4.78 is 4.86. The van der Waals surface area contributed by atoms with Crippen LogP contribution in [0, 0.1) is 0 Å². The van der Waals surface area contributed by atoms with Crippen LogP contribution < -0.4 is 0 Å². The van der Waals surface area contributed by atoms with E-state index in [9.17, 15) is 0 Å². The van der Waals surface area contributed by atoms with Crippen molar-refractivity contribution in [3.63, 3.8) is 0 Å². The summed E-state index contributed by atoms with van der Waals surface area (Å²) in [5.41, 5.74) is 0.668. The number of aromatic nitrogens is 1. The Bertz CT molecular complexity index is 252. The normalized spacial score (nSPS) is 10.1. The van der Waals surface area contributed by atoms with E-state index in [0.29, 0.717) is 22.3 Å². The Balaban J connectivity index is 2.96. The molecule has 0 aliphatic heterocycles. The molecule has 0 radical (unpaired) electrons. The molecule has 0 spiro atoms. The molecule has 60 valence electrons. The van der Waals surface area contributed by atoms with E-state index in [0.717, 1.165) is 0 Å². The molecule has 0 saturated carbocycles. The van der Waals surface area contributed by atoms with Crippen LogP contribution in [0.3, 0.4) is 0 Å². The Morgan fingerprint density at radius 3 is 2.91 bits per heavy atom. The van der Waals surface area contributed by atoms with E-state index in [4.69, 9.17) is 27.9 Å². The van der Waals surface area contributed by atoms with Crippen LogP contribution in [0.1, 0.15) is 5.69 Å². The van der Waals surface area contributed by atoms with Crippen molar-refractivity contribution in [1.82, 2.24) is 4.98 Å². The third-order valence-corrected chi connectivity index (χ3v) is 2.03. The van der Waals surface area contributed by atoms with Crippen LogP contribution >= 0.6 is 23.2 Å². The van der Waals surface area contributed by atoms with Gasteiger partial charge < -0.3 is 4.74 Å². The lowest BCUT2D eigenvalue weighted by Crippen LogP contribution is -1.92. The highest BCUT2D eigenvalue weighted by Crippen LogP contribution is 2.23. The van der Waals surface area contributed by atoms with Gasteiger partial charge in [0.1, 0.15) is 0 Å². The van der Waals surface area contributed by atoms with Crippen LogP contribution in [0.4, 0.5) is 0 Å². The molecule has 11 heavy (non-hydrogen) atoms. The van der Waals surface area contributed by atoms with Gasteiger partial charge in [-0.1, -0.05) is 23.2 Å². The molecule has 4 heteroatoms. The van der Waals surface area contributed by atoms with Crippen LogP contribution in [-0.2, 0) is 11.3 Å². The molecule has 0 N–H and O–H groups in total. The molecule has 1 rings (SSSR count). The lowest BCUT2D eigenvalue weighted by molar-refractivity contribution is 0.181. The minimum Gasteiger partial charge on any atom is -0.378 e. The van der Waals surface area contributed by atoms with Crippen molar-refractivity contribution in [2.75, 3.05) is 7.11 Å². The number of halogens is 2. The fourth-order valence-electron chi connectivity index (χ4n) is 0.698. The molecule has 0 amide bonds. The Morgan fingerprint density at radius 2 is 2.27 bits per heavy atom. The maximum atomic E-state index is 5.80. The van der Waals surface area contributed by atoms with Gasteiger partial charge in [-0.15, -0.1) is 0 Å². The molecular formula is C7H7Cl2NO. The van der Waals surface area contributed by atoms with E-state index in [1.807, 2.05) is 0 Å². The van der Waals surface area contributed by atoms with Crippen LogP contribution in [0.2, 0.25) is 10.0 Å². The van der Waals surface area contributed by atoms with Crippen molar-refractivity contribution >= 4 is 23.2 Å². The molecule has 1 aromatic rings. The van der Waals surface area contributed by atoms with Crippen LogP contribution in [0.5, 0.6) is 0 Å². The van der Waals surface area contributed by atoms with Crippen molar-refractivity contribution in [2.24, 2.45) is 0 Å². The first-order valence-corrected chi connectivity index (χ1v) is 3.79. The molecule has 0 atom stereocenters. The van der Waals surface area contributed by atoms with Crippen molar-refractivity contribution in [3.05, 3.63) is 28.0 Å². The van der Waals surface area contributed by atoms with Crippen molar-refractivity contribution in [1.29, 1.82) is 0 Å². The van der Waals surface area contributed by atoms with Gasteiger partial charge >= 0.3 is 0 Å². The third kappa shape index (κ3) is 2.06. The van der Waals surface area contributed by atoms with Crippen molar-refractivity contribution in [3.8, 4) is 0 Å². The largest absolute Gasteiger partial charge is 0.378 e. The van der Waals surface area contributed by atoms with Gasteiger partial charge in [-0.25, -0.2) is 0 Å². The van der Waals surface area contributed by atoms with E-state index in [2.05, 4.69) is 4.98 Å². The second-order valence-corrected chi connectivity index (χ2v) is 2.77. The molecule has 0 unspecified atom stereocenters. The highest BCUT2D eigenvalue weighted by Gasteiger charge is 2.03. The van der Waals surface area contributed by atoms with Gasteiger partial charge in [0.2, 0.25) is 0 Å². The number of pyridine rings is 1. The summed E-state index contributed by atoms with van der Waals surface area (Å²) in [6, 6.07) is 1.64. The first-order chi connectivity index (χ1) is 5.25. The molecule has 0 bridgehead atoms. The molecule has 0 aliphatic carbocycles. The van der Waals surface area contributed by atoms with Crippen LogP contribution in [0.15, 0.2) is 12.3 Å². The maximum Gasteiger partial charge on any atom is 0.0899 e. The average molecular weight is 192 g/mol. The standard InChI is InChI=1S/C7H7Cl2NO/c1-11-4-6-7(9)5(8)2-3-10-6/h2-3H,4H2,1H3. The number of hydrogen-bond acceptors (Lipinski definition) is 2. The quantitative estimate of drug-likeness (QED) is 0.718. The van der Waals surface area contributed by atoms with Gasteiger partial charge in [0.25, 0.3) is 0 Å². The summed E-state index contributed by atoms with van der Waals surface area (Å²) in [6.45, 7) is 0.388. The minimum absolute atomic E-state index is 0.388. The van der Waals surface area contributed by atoms with E-state index < -0.39 is 0 Å². The predicted octanol–water partition coefficient (Wildman–Crippen LogP) is 2.53. The summed E-state index contributed by atoms with van der Waals surface area (Å²) in [6.07, 6.45) is 1.60. The summed E-state index contributed by atoms with van der Waals surface area (Å²) in [5.74, 6) is 0. The fraction of sp³-hybridized carbons (Fsp3) is 0.286. The lowest BCUT2D eigenvalue weighted by Gasteiger charge is -2.01. The van der Waals surface area contributed by atoms with E-state index in [1.54, 1.807) is 19.4 Å². The lowest BCUT2D eigenvalue weighted by atomic mass is 10.4. The highest BCUT2D eigenvalue weighted by atomic mass is 35.5. The van der Waals surface area contributed by atoms with E-state index in [-0.39, 0.29) is 0 Å². The van der Waals surface area contributed by atoms with Crippen molar-refractivity contribution in [2.45, 2.75) is 6.61 Å². The zero-order valence-corrected chi connectivity index (χ0v) is 7.49. The monoisotopic (exact) mass is 191 g/mol. The zero-order valence-electron chi connectivity index (χ0n) is 5.97. The molecule has 0 aliphatic rings. The fourth-order valence-corrected chi connectivity index (χ4v) is 1.03. The predicted molar refractivity (Wildman–Crippen MR) is 45.0 cm³/mol. The number of rotatable bonds is 2. The summed E-state index contributed by atoms with van der Waals surface area (Å²) >= 11 is 11.5. The number of ether oxygens (including phenoxy) is 1. The van der Waals surface area contributed by atoms with E-state index >= 15 is 0 Å². The topological polar surface area (TPSA) is 22.1 Å². The second kappa shape index (κ2) is 3.90. The smallest absolute Gasteiger partial charge is 0.0899 e. The van der Waals surface area contributed by atoms with Gasteiger partial charge in [0.05, 0.1) is 22.3 Å². The molecule has 0 fully saturated rings. The van der Waals surface area contributed by atoms with Gasteiger partial charge in [-0.05, 0) is 6.07 Å². The first kappa shape index (κ1) is 8.78. The SMILES string of the molecule is COCc1nccc(Cl)c1Cl. The average Bonchev–Trinajstić information content (AvgIpc) is 1.99. The third-order valence-electron chi connectivity index (χ3n) is 1.20. The summed E-state index contributed by atoms with van der Waals surface area (Å²) in [4.78, 5) is 3.99. The minimum atomic E-state index is 0.388. The Morgan fingerprint density at radius 1 is 1.55 bits per heavy atom. The van der Waals surface area contributed by atoms with Crippen LogP contribution in [0.25, 0.3) is 0 Å². The van der Waals surface area contributed by atoms with Gasteiger partial charge in [-0.2, -0.15) is 0 Å². The van der Waals surface area contributed by atoms with Gasteiger partial charge in [0, 0.05) is 13.3 Å². The van der Waals surface area contributed by atoms with Gasteiger partial charge in [0.15, 0.2) is 0 Å². The van der Waals surface area contributed by atoms with Crippen molar-refractivity contribution < 1.29 is 4.74 Å². The van der Waals surface area contributed by atoms with E-state index in [1.165, 1.54) is 0 Å². The molecule has 0 saturated heterocycles. The second-order valence-electron chi connectivity index (χ2n) is 1.99. The highest BCUT2D eigenvalue weighted by molar-refractivity contribution is 6.42. The Hall–Kier alpha value is -0.310. The zero-order chi connectivity index (χ0) is 8.27. The first-order valence-electron chi connectivity index (χ1n) is 3.03.